The number of ether oxygens (including phenoxy) is 1. The molecule has 1 heterocycles. The quantitative estimate of drug-likeness (QED) is 0.813. The maximum atomic E-state index is 11.8. The molecule has 0 bridgehead atoms. The predicted octanol–water partition coefficient (Wildman–Crippen LogP) is 2.61. The molecule has 0 aliphatic carbocycles. The molecule has 0 spiro atoms. The molecule has 1 saturated heterocycles. The molecule has 2 amide bonds. The van der Waals surface area contributed by atoms with Crippen LogP contribution in [0.15, 0.2) is 22.7 Å². The second-order valence-corrected chi connectivity index (χ2v) is 6.34. The van der Waals surface area contributed by atoms with Gasteiger partial charge in [0.25, 0.3) is 5.91 Å². The standard InChI is InChI=1S/C15H18BrClN2O3/c16-12-9-11(17)3-4-13(12)22-10-14(20)18-6-5-15(21)19-7-1-2-8-19/h3-4,9H,1-2,5-8,10H2,(H,18,20). The Balaban J connectivity index is 1.66. The van der Waals surface area contributed by atoms with Crippen LogP contribution in [0.25, 0.3) is 0 Å². The summed E-state index contributed by atoms with van der Waals surface area (Å²) in [5, 5.41) is 3.27. The minimum Gasteiger partial charge on any atom is -0.483 e. The molecule has 1 aliphatic rings. The highest BCUT2D eigenvalue weighted by molar-refractivity contribution is 9.10. The number of hydrogen-bond donors (Lipinski definition) is 1. The highest BCUT2D eigenvalue weighted by Crippen LogP contribution is 2.27. The van der Waals surface area contributed by atoms with Crippen molar-refractivity contribution in [1.29, 1.82) is 0 Å². The van der Waals surface area contributed by atoms with Crippen molar-refractivity contribution in [2.24, 2.45) is 0 Å². The summed E-state index contributed by atoms with van der Waals surface area (Å²) in [6.45, 7) is 1.90. The van der Waals surface area contributed by atoms with Gasteiger partial charge in [-0.15, -0.1) is 0 Å². The van der Waals surface area contributed by atoms with Gasteiger partial charge >= 0.3 is 0 Å². The van der Waals surface area contributed by atoms with Crippen molar-refractivity contribution in [3.8, 4) is 5.75 Å². The molecule has 1 fully saturated rings. The summed E-state index contributed by atoms with van der Waals surface area (Å²) in [6, 6.07) is 5.08. The molecular formula is C15H18BrClN2O3. The zero-order chi connectivity index (χ0) is 15.9. The third-order valence-corrected chi connectivity index (χ3v) is 4.23. The van der Waals surface area contributed by atoms with Gasteiger partial charge in [0.15, 0.2) is 6.61 Å². The Bertz CT molecular complexity index is 548. The predicted molar refractivity (Wildman–Crippen MR) is 88.1 cm³/mol. The third-order valence-electron chi connectivity index (χ3n) is 3.37. The first-order valence-corrected chi connectivity index (χ1v) is 8.35. The Morgan fingerprint density at radius 2 is 2.05 bits per heavy atom. The number of nitrogens with zero attached hydrogens (tertiary/aromatic N) is 1. The summed E-state index contributed by atoms with van der Waals surface area (Å²) in [5.74, 6) is 0.392. The van der Waals surface area contributed by atoms with Crippen LogP contribution in [0.1, 0.15) is 19.3 Å². The fraction of sp³-hybridized carbons (Fsp3) is 0.467. The average Bonchev–Trinajstić information content (AvgIpc) is 3.00. The van der Waals surface area contributed by atoms with Gasteiger partial charge in [0.05, 0.1) is 4.47 Å². The van der Waals surface area contributed by atoms with Crippen molar-refractivity contribution < 1.29 is 14.3 Å². The number of nitrogens with one attached hydrogen (secondary N) is 1. The molecule has 5 nitrogen and oxygen atoms in total. The number of carbonyl (C=O) groups is 2. The van der Waals surface area contributed by atoms with Crippen LogP contribution >= 0.6 is 27.5 Å². The van der Waals surface area contributed by atoms with Gasteiger partial charge in [0.2, 0.25) is 5.91 Å². The molecule has 22 heavy (non-hydrogen) atoms. The van der Waals surface area contributed by atoms with Gasteiger partial charge in [0, 0.05) is 31.1 Å². The summed E-state index contributed by atoms with van der Waals surface area (Å²) in [7, 11) is 0. The van der Waals surface area contributed by atoms with E-state index in [-0.39, 0.29) is 18.4 Å². The first-order valence-electron chi connectivity index (χ1n) is 7.18. The Kier molecular flexibility index (Phi) is 6.51. The molecule has 0 atom stereocenters. The minimum atomic E-state index is -0.254. The highest BCUT2D eigenvalue weighted by atomic mass is 79.9. The van der Waals surface area contributed by atoms with Crippen molar-refractivity contribution >= 4 is 39.3 Å². The number of rotatable bonds is 6. The zero-order valence-corrected chi connectivity index (χ0v) is 14.5. The van der Waals surface area contributed by atoms with Gasteiger partial charge in [-0.3, -0.25) is 9.59 Å². The summed E-state index contributed by atoms with van der Waals surface area (Å²) < 4.78 is 6.09. The molecule has 120 valence electrons. The minimum absolute atomic E-state index is 0.0964. The van der Waals surface area contributed by atoms with Crippen LogP contribution in [-0.4, -0.2) is 43.0 Å². The molecule has 0 aromatic heterocycles. The smallest absolute Gasteiger partial charge is 0.257 e. The van der Waals surface area contributed by atoms with Crippen LogP contribution in [-0.2, 0) is 9.59 Å². The normalized spacial score (nSPS) is 14.0. The molecule has 1 aliphatic heterocycles. The second-order valence-electron chi connectivity index (χ2n) is 5.05. The SMILES string of the molecule is O=C(COc1ccc(Cl)cc1Br)NCCC(=O)N1CCCC1. The van der Waals surface area contributed by atoms with Crippen molar-refractivity contribution in [2.75, 3.05) is 26.2 Å². The number of benzene rings is 1. The lowest BCUT2D eigenvalue weighted by Crippen LogP contribution is -2.34. The molecule has 1 aromatic rings. The summed E-state index contributed by atoms with van der Waals surface area (Å²) in [5.41, 5.74) is 0. The molecular weight excluding hydrogens is 372 g/mol. The van der Waals surface area contributed by atoms with E-state index in [0.29, 0.717) is 28.2 Å². The van der Waals surface area contributed by atoms with Gasteiger partial charge < -0.3 is 15.0 Å². The zero-order valence-electron chi connectivity index (χ0n) is 12.1. The Labute approximate surface area is 143 Å². The summed E-state index contributed by atoms with van der Waals surface area (Å²) in [4.78, 5) is 25.3. The molecule has 1 aromatic carbocycles. The average molecular weight is 390 g/mol. The van der Waals surface area contributed by atoms with Gasteiger partial charge in [-0.2, -0.15) is 0 Å². The lowest BCUT2D eigenvalue weighted by Gasteiger charge is -2.15. The number of hydrogen-bond acceptors (Lipinski definition) is 3. The van der Waals surface area contributed by atoms with Crippen molar-refractivity contribution in [3.63, 3.8) is 0 Å². The number of halogens is 2. The second kappa shape index (κ2) is 8.39. The molecule has 0 radical (unpaired) electrons. The lowest BCUT2D eigenvalue weighted by atomic mass is 10.3. The van der Waals surface area contributed by atoms with Crippen LogP contribution < -0.4 is 10.1 Å². The van der Waals surface area contributed by atoms with Crippen LogP contribution in [0, 0.1) is 0 Å². The van der Waals surface area contributed by atoms with Crippen molar-refractivity contribution in [3.05, 3.63) is 27.7 Å². The van der Waals surface area contributed by atoms with Gasteiger partial charge in [0.1, 0.15) is 5.75 Å². The van der Waals surface area contributed by atoms with Gasteiger partial charge in [-0.25, -0.2) is 0 Å². The maximum Gasteiger partial charge on any atom is 0.257 e. The third kappa shape index (κ3) is 5.18. The topological polar surface area (TPSA) is 58.6 Å². The number of likely N-dealkylation sites (tertiary alicyclic amines) is 1. The fourth-order valence-corrected chi connectivity index (χ4v) is 3.02. The van der Waals surface area contributed by atoms with E-state index in [4.69, 9.17) is 16.3 Å². The highest BCUT2D eigenvalue weighted by Gasteiger charge is 2.17. The van der Waals surface area contributed by atoms with Crippen LogP contribution in [0.4, 0.5) is 0 Å². The largest absolute Gasteiger partial charge is 0.483 e. The van der Waals surface area contributed by atoms with Gasteiger partial charge in [-0.1, -0.05) is 11.6 Å². The van der Waals surface area contributed by atoms with Crippen molar-refractivity contribution in [1.82, 2.24) is 10.2 Å². The Morgan fingerprint density at radius 3 is 2.73 bits per heavy atom. The molecule has 0 saturated carbocycles. The van der Waals surface area contributed by atoms with Crippen molar-refractivity contribution in [2.45, 2.75) is 19.3 Å². The van der Waals surface area contributed by atoms with Crippen LogP contribution in [0.5, 0.6) is 5.75 Å². The maximum absolute atomic E-state index is 11.8. The Morgan fingerprint density at radius 1 is 1.32 bits per heavy atom. The molecule has 2 rings (SSSR count). The van der Waals surface area contributed by atoms with E-state index in [0.717, 1.165) is 25.9 Å². The summed E-state index contributed by atoms with van der Waals surface area (Å²) >= 11 is 9.15. The van der Waals surface area contributed by atoms with E-state index < -0.39 is 0 Å². The Hall–Kier alpha value is -1.27. The van der Waals surface area contributed by atoms with E-state index >= 15 is 0 Å². The monoisotopic (exact) mass is 388 g/mol. The van der Waals surface area contributed by atoms with Gasteiger partial charge in [-0.05, 0) is 47.0 Å². The summed E-state index contributed by atoms with van der Waals surface area (Å²) in [6.07, 6.45) is 2.47. The first kappa shape index (κ1) is 17.1. The first-order chi connectivity index (χ1) is 10.6. The lowest BCUT2D eigenvalue weighted by molar-refractivity contribution is -0.130. The van der Waals surface area contributed by atoms with Crippen LogP contribution in [0.3, 0.4) is 0 Å². The van der Waals surface area contributed by atoms with E-state index in [1.54, 1.807) is 18.2 Å². The number of carbonyl (C=O) groups excluding carboxylic acids is 2. The molecule has 1 N–H and O–H groups in total. The van der Waals surface area contributed by atoms with E-state index in [2.05, 4.69) is 21.2 Å². The number of amides is 2. The van der Waals surface area contributed by atoms with Crippen LogP contribution in [0.2, 0.25) is 5.02 Å². The van der Waals surface area contributed by atoms with E-state index in [1.807, 2.05) is 4.90 Å². The van der Waals surface area contributed by atoms with E-state index in [1.165, 1.54) is 0 Å². The molecule has 7 heteroatoms. The van der Waals surface area contributed by atoms with E-state index in [9.17, 15) is 9.59 Å². The molecule has 0 unspecified atom stereocenters. The fourth-order valence-electron chi connectivity index (χ4n) is 2.22.